The minimum Gasteiger partial charge on any atom is -0.383 e. The van der Waals surface area contributed by atoms with Crippen LogP contribution >= 0.6 is 0 Å². The summed E-state index contributed by atoms with van der Waals surface area (Å²) in [4.78, 5) is 6.52. The molecule has 0 bridgehead atoms. The van der Waals surface area contributed by atoms with Crippen molar-refractivity contribution in [2.45, 2.75) is 12.3 Å². The van der Waals surface area contributed by atoms with Gasteiger partial charge in [-0.2, -0.15) is 0 Å². The van der Waals surface area contributed by atoms with Crippen LogP contribution in [0.4, 0.5) is 5.69 Å². The highest BCUT2D eigenvalue weighted by atomic mass is 15.1. The molecule has 2 aromatic heterocycles. The highest BCUT2D eigenvalue weighted by molar-refractivity contribution is 6.12. The molecule has 1 aliphatic heterocycles. The van der Waals surface area contributed by atoms with E-state index in [0.717, 1.165) is 23.2 Å². The van der Waals surface area contributed by atoms with Crippen LogP contribution in [0, 0.1) is 5.41 Å². The molecule has 1 atom stereocenters. The van der Waals surface area contributed by atoms with Crippen LogP contribution < -0.4 is 10.6 Å². The maximum Gasteiger partial charge on any atom is 0.154 e. The molecule has 0 radical (unpaired) electrons. The molecule has 3 heterocycles. The van der Waals surface area contributed by atoms with Crippen LogP contribution in [0.15, 0.2) is 296 Å². The van der Waals surface area contributed by atoms with Gasteiger partial charge in [0.2, 0.25) is 0 Å². The Morgan fingerprint density at radius 2 is 0.840 bits per heavy atom. The third-order valence-electron chi connectivity index (χ3n) is 16.2. The lowest BCUT2D eigenvalue weighted by atomic mass is 9.87. The number of nitrogens with zero attached hydrogens (tertiary/aromatic N) is 4. The van der Waals surface area contributed by atoms with Crippen LogP contribution in [0.5, 0.6) is 0 Å². The second-order valence-electron chi connectivity index (χ2n) is 20.9. The number of nitrogens with one attached hydrogen (secondary N) is 1. The second-order valence-corrected chi connectivity index (χ2v) is 20.9. The van der Waals surface area contributed by atoms with E-state index in [9.17, 15) is 0 Å². The van der Waals surface area contributed by atoms with Crippen LogP contribution in [0.3, 0.4) is 0 Å². The Morgan fingerprint density at radius 1 is 0.420 bits per heavy atom. The third kappa shape index (κ3) is 8.99. The van der Waals surface area contributed by atoms with Gasteiger partial charge in [0.15, 0.2) is 5.84 Å². The molecule has 0 saturated carbocycles. The van der Waals surface area contributed by atoms with Crippen LogP contribution in [-0.4, -0.2) is 27.9 Å². The van der Waals surface area contributed by atoms with E-state index in [2.05, 4.69) is 251 Å². The molecular formula is C75H56N6. The van der Waals surface area contributed by atoms with Crippen LogP contribution in [0.25, 0.3) is 93.9 Å². The molecule has 2 aliphatic rings. The number of likely N-dealkylation sites (N-methyl/N-ethyl adjacent to an activating group) is 1. The lowest BCUT2D eigenvalue weighted by Crippen LogP contribution is -2.15. The number of allylic oxidation sites excluding steroid dienone is 4. The van der Waals surface area contributed by atoms with E-state index in [0.29, 0.717) is 11.8 Å². The first-order valence-corrected chi connectivity index (χ1v) is 27.6. The molecule has 81 heavy (non-hydrogen) atoms. The first kappa shape index (κ1) is 48.8. The lowest BCUT2D eigenvalue weighted by molar-refractivity contribution is 0.815. The van der Waals surface area contributed by atoms with Gasteiger partial charge in [-0.25, -0.2) is 4.99 Å². The van der Waals surface area contributed by atoms with Gasteiger partial charge < -0.3 is 19.8 Å². The maximum absolute atomic E-state index is 7.84. The van der Waals surface area contributed by atoms with Gasteiger partial charge in [-0.05, 0) is 117 Å². The number of anilines is 1. The van der Waals surface area contributed by atoms with Gasteiger partial charge in [-0.15, -0.1) is 0 Å². The van der Waals surface area contributed by atoms with E-state index < -0.39 is 0 Å². The number of rotatable bonds is 8. The summed E-state index contributed by atoms with van der Waals surface area (Å²) in [6.07, 6.45) is 5.83. The number of aromatic nitrogens is 2. The number of nitrogens with two attached hydrogens (primary N) is 1. The fraction of sp³-hybridized carbons (Fsp3) is 0.0400. The summed E-state index contributed by atoms with van der Waals surface area (Å²) in [5, 5.41) is 12.9. The number of amidine groups is 2. The number of para-hydroxylation sites is 2. The fourth-order valence-corrected chi connectivity index (χ4v) is 12.1. The van der Waals surface area contributed by atoms with Crippen molar-refractivity contribution in [1.82, 2.24) is 9.13 Å². The zero-order valence-corrected chi connectivity index (χ0v) is 44.8. The van der Waals surface area contributed by atoms with Gasteiger partial charge >= 0.3 is 0 Å². The molecule has 1 aliphatic carbocycles. The van der Waals surface area contributed by atoms with Crippen molar-refractivity contribution in [1.29, 1.82) is 5.41 Å². The topological polar surface area (TPSA) is 75.3 Å². The highest BCUT2D eigenvalue weighted by Crippen LogP contribution is 2.49. The van der Waals surface area contributed by atoms with Crippen molar-refractivity contribution in [2.75, 3.05) is 11.9 Å². The fourth-order valence-electron chi connectivity index (χ4n) is 12.1. The molecule has 13 aromatic rings. The van der Waals surface area contributed by atoms with Crippen LogP contribution in [-0.2, 0) is 0 Å². The molecule has 0 saturated heterocycles. The molecule has 0 amide bonds. The van der Waals surface area contributed by atoms with Gasteiger partial charge in [-0.3, -0.25) is 5.41 Å². The van der Waals surface area contributed by atoms with Crippen molar-refractivity contribution in [2.24, 2.45) is 10.7 Å². The molecule has 3 N–H and O–H groups in total. The number of fused-ring (bicyclic) bond motifs is 9. The normalized spacial score (nSPS) is 13.9. The van der Waals surface area contributed by atoms with Crippen molar-refractivity contribution in [3.63, 3.8) is 0 Å². The summed E-state index contributed by atoms with van der Waals surface area (Å²) in [5.41, 5.74) is 28.6. The first-order valence-electron chi connectivity index (χ1n) is 27.6. The average Bonchev–Trinajstić information content (AvgIpc) is 4.38. The predicted molar refractivity (Wildman–Crippen MR) is 340 cm³/mol. The highest BCUT2D eigenvalue weighted by Gasteiger charge is 2.33. The molecule has 386 valence electrons. The van der Waals surface area contributed by atoms with Gasteiger partial charge in [0.25, 0.3) is 0 Å². The molecular weight excluding hydrogens is 985 g/mol. The van der Waals surface area contributed by atoms with Crippen molar-refractivity contribution in [3.8, 4) is 44.8 Å². The smallest absolute Gasteiger partial charge is 0.154 e. The molecule has 0 fully saturated rings. The maximum atomic E-state index is 7.84. The van der Waals surface area contributed by atoms with E-state index in [1.54, 1.807) is 0 Å². The van der Waals surface area contributed by atoms with Crippen molar-refractivity contribution in [3.05, 3.63) is 313 Å². The zero-order valence-electron chi connectivity index (χ0n) is 44.8. The van der Waals surface area contributed by atoms with E-state index in [1.165, 1.54) is 111 Å². The van der Waals surface area contributed by atoms with Gasteiger partial charge in [0, 0.05) is 68.4 Å². The first-order chi connectivity index (χ1) is 39.9. The average molecular weight is 1040 g/mol. The van der Waals surface area contributed by atoms with Gasteiger partial charge in [0.1, 0.15) is 5.84 Å². The van der Waals surface area contributed by atoms with Crippen LogP contribution in [0.1, 0.15) is 34.6 Å². The number of benzene rings is 11. The Kier molecular flexibility index (Phi) is 12.4. The van der Waals surface area contributed by atoms with E-state index >= 15 is 0 Å². The Labute approximate surface area is 471 Å². The van der Waals surface area contributed by atoms with E-state index in [1.807, 2.05) is 60.7 Å². The molecule has 6 nitrogen and oxygen atoms in total. The molecule has 15 rings (SSSR count). The summed E-state index contributed by atoms with van der Waals surface area (Å²) < 4.78 is 4.84. The van der Waals surface area contributed by atoms with E-state index in [-0.39, 0.29) is 5.84 Å². The van der Waals surface area contributed by atoms with Crippen LogP contribution in [0.2, 0.25) is 0 Å². The molecule has 1 unspecified atom stereocenters. The Morgan fingerprint density at radius 3 is 1.38 bits per heavy atom. The Balaban J connectivity index is 0.000000298. The number of hydrogen-bond acceptors (Lipinski definition) is 2. The quantitative estimate of drug-likeness (QED) is 0.118. The predicted octanol–water partition coefficient (Wildman–Crippen LogP) is 18.2. The summed E-state index contributed by atoms with van der Waals surface area (Å²) in [6, 6.07) is 96.7. The minimum atomic E-state index is 0.173. The van der Waals surface area contributed by atoms with Gasteiger partial charge in [-0.1, -0.05) is 224 Å². The summed E-state index contributed by atoms with van der Waals surface area (Å²) in [7, 11) is 2.24. The van der Waals surface area contributed by atoms with Crippen molar-refractivity contribution < 1.29 is 0 Å². The molecule has 11 aromatic carbocycles. The largest absolute Gasteiger partial charge is 0.383 e. The van der Waals surface area contributed by atoms with E-state index in [4.69, 9.17) is 11.1 Å². The zero-order chi connectivity index (χ0) is 54.4. The molecule has 0 spiro atoms. The minimum absolute atomic E-state index is 0.173. The third-order valence-corrected chi connectivity index (χ3v) is 16.2. The second kappa shape index (κ2) is 20.7. The SMILES string of the molecule is CN1C2=CC(c3ccc(-n4c5ccccc5c5ccc(-c6ccccc6)cc54)cc3)=CCC2c2ccc(-c3ccc(-n4c5ccccc5c5ccc(-c6ccccc6)cc54)cc3)cc21.N=C(N=C(N)c1ccccc1)c1ccccc1. The Hall–Kier alpha value is -10.6. The van der Waals surface area contributed by atoms with Gasteiger partial charge in [0.05, 0.1) is 22.1 Å². The number of aliphatic imine (C=N–C) groups is 1. The summed E-state index contributed by atoms with van der Waals surface area (Å²) in [6.45, 7) is 0. The standard InChI is InChI=1S/C61H43N3.C14H13N3/c1-62-58-36-44(42-20-28-48(29-21-42)63-56-18-10-8-16-50(56)54-34-26-46(38-60(54)63)40-12-4-2-5-13-40)24-32-52(58)53-33-25-45(37-59(53)62)43-22-30-49(31-23-43)64-57-19-11-9-17-51(57)55-35-27-47(39-61(55)64)41-14-6-3-7-15-41;15-13(11-7-3-1-4-8-11)17-14(16)12-9-5-2-6-10-12/h2-32,34-39,53H,33H2,1H3;1-10H,(H3,15,16,17). The summed E-state index contributed by atoms with van der Waals surface area (Å²) in [5.74, 6) is 0.887. The van der Waals surface area contributed by atoms with Crippen molar-refractivity contribution >= 4 is 66.5 Å². The summed E-state index contributed by atoms with van der Waals surface area (Å²) >= 11 is 0. The Bertz CT molecular complexity index is 4610. The molecule has 6 heteroatoms. The number of hydrogen-bond donors (Lipinski definition) is 2. The lowest BCUT2D eigenvalue weighted by Gasteiger charge is -2.22. The monoisotopic (exact) mass is 1040 g/mol.